The van der Waals surface area contributed by atoms with Crippen molar-refractivity contribution in [2.45, 2.75) is 13.5 Å². The Morgan fingerprint density at radius 2 is 2.10 bits per heavy atom. The Morgan fingerprint density at radius 3 is 2.90 bits per heavy atom. The van der Waals surface area contributed by atoms with Crippen molar-refractivity contribution >= 4 is 16.3 Å². The number of benzene rings is 1. The smallest absolute Gasteiger partial charge is 0.259 e. The number of aryl methyl sites for hydroxylation is 1. The number of hydrogen-bond acceptors (Lipinski definition) is 5. The Bertz CT molecular complexity index is 838. The normalized spacial score (nSPS) is 10.8. The van der Waals surface area contributed by atoms with E-state index >= 15 is 0 Å². The highest BCUT2D eigenvalue weighted by Gasteiger charge is 2.07. The predicted octanol–water partition coefficient (Wildman–Crippen LogP) is 2.65. The molecule has 0 aliphatic carbocycles. The summed E-state index contributed by atoms with van der Waals surface area (Å²) in [6.45, 7) is 2.13. The van der Waals surface area contributed by atoms with Gasteiger partial charge in [0, 0.05) is 23.2 Å². The number of rotatable bonds is 4. The average molecular weight is 302 g/mol. The van der Waals surface area contributed by atoms with Crippen LogP contribution < -0.4 is 15.0 Å². The van der Waals surface area contributed by atoms with E-state index in [0.29, 0.717) is 16.4 Å². The van der Waals surface area contributed by atoms with Gasteiger partial charge >= 0.3 is 0 Å². The SMILES string of the molecule is COc1cccc(OCc2cc(=O)n3c(C)csc3n2)c1. The van der Waals surface area contributed by atoms with Crippen LogP contribution in [0.1, 0.15) is 11.4 Å². The summed E-state index contributed by atoms with van der Waals surface area (Å²) in [4.78, 5) is 17.2. The first-order chi connectivity index (χ1) is 10.2. The molecule has 21 heavy (non-hydrogen) atoms. The molecule has 0 spiro atoms. The average Bonchev–Trinajstić information content (AvgIpc) is 2.87. The van der Waals surface area contributed by atoms with Gasteiger partial charge in [0.05, 0.1) is 12.8 Å². The van der Waals surface area contributed by atoms with E-state index in [9.17, 15) is 4.79 Å². The van der Waals surface area contributed by atoms with Gasteiger partial charge in [-0.25, -0.2) is 4.98 Å². The third kappa shape index (κ3) is 2.75. The van der Waals surface area contributed by atoms with Crippen molar-refractivity contribution in [1.82, 2.24) is 9.38 Å². The Morgan fingerprint density at radius 1 is 1.29 bits per heavy atom. The zero-order valence-electron chi connectivity index (χ0n) is 11.7. The van der Waals surface area contributed by atoms with Crippen molar-refractivity contribution < 1.29 is 9.47 Å². The van der Waals surface area contributed by atoms with Crippen molar-refractivity contribution in [2.75, 3.05) is 7.11 Å². The monoisotopic (exact) mass is 302 g/mol. The summed E-state index contributed by atoms with van der Waals surface area (Å²) in [7, 11) is 1.61. The van der Waals surface area contributed by atoms with Crippen LogP contribution in [0.4, 0.5) is 0 Å². The lowest BCUT2D eigenvalue weighted by molar-refractivity contribution is 0.299. The molecule has 0 atom stereocenters. The maximum Gasteiger partial charge on any atom is 0.259 e. The minimum absolute atomic E-state index is 0.0806. The van der Waals surface area contributed by atoms with Crippen molar-refractivity contribution in [3.8, 4) is 11.5 Å². The lowest BCUT2D eigenvalue weighted by atomic mass is 10.3. The number of ether oxygens (including phenoxy) is 2. The van der Waals surface area contributed by atoms with Gasteiger partial charge in [-0.3, -0.25) is 9.20 Å². The maximum absolute atomic E-state index is 12.0. The Balaban J connectivity index is 1.83. The molecular formula is C15H14N2O3S. The minimum atomic E-state index is -0.0806. The standard InChI is InChI=1S/C15H14N2O3S/c1-10-9-21-15-16-11(6-14(18)17(10)15)8-20-13-5-3-4-12(7-13)19-2/h3-7,9H,8H2,1-2H3. The molecule has 0 aliphatic heterocycles. The molecule has 0 fully saturated rings. The van der Waals surface area contributed by atoms with E-state index < -0.39 is 0 Å². The van der Waals surface area contributed by atoms with Crippen LogP contribution in [0.25, 0.3) is 4.96 Å². The van der Waals surface area contributed by atoms with Gasteiger partial charge in [-0.1, -0.05) is 6.07 Å². The second-order valence-corrected chi connectivity index (χ2v) is 5.38. The summed E-state index contributed by atoms with van der Waals surface area (Å²) in [5.74, 6) is 1.41. The highest BCUT2D eigenvalue weighted by molar-refractivity contribution is 7.15. The number of thiazole rings is 1. The molecule has 0 aliphatic rings. The third-order valence-electron chi connectivity index (χ3n) is 3.06. The van der Waals surface area contributed by atoms with E-state index in [2.05, 4.69) is 4.98 Å². The van der Waals surface area contributed by atoms with Gasteiger partial charge in [-0.2, -0.15) is 0 Å². The second-order valence-electron chi connectivity index (χ2n) is 4.55. The van der Waals surface area contributed by atoms with Gasteiger partial charge in [-0.05, 0) is 19.1 Å². The third-order valence-corrected chi connectivity index (χ3v) is 4.00. The molecule has 0 N–H and O–H groups in total. The van der Waals surface area contributed by atoms with Crippen LogP contribution in [0, 0.1) is 6.92 Å². The molecule has 2 heterocycles. The zero-order valence-corrected chi connectivity index (χ0v) is 12.5. The summed E-state index contributed by atoms with van der Waals surface area (Å²) in [6.07, 6.45) is 0. The number of aromatic nitrogens is 2. The van der Waals surface area contributed by atoms with E-state index in [1.807, 2.05) is 30.5 Å². The quantitative estimate of drug-likeness (QED) is 0.743. The van der Waals surface area contributed by atoms with Crippen molar-refractivity contribution in [1.29, 1.82) is 0 Å². The molecule has 0 radical (unpaired) electrons. The molecule has 6 heteroatoms. The fourth-order valence-electron chi connectivity index (χ4n) is 2.02. The largest absolute Gasteiger partial charge is 0.497 e. The van der Waals surface area contributed by atoms with Crippen LogP contribution in [0.5, 0.6) is 11.5 Å². The summed E-state index contributed by atoms with van der Waals surface area (Å²) in [6, 6.07) is 8.83. The highest BCUT2D eigenvalue weighted by atomic mass is 32.1. The van der Waals surface area contributed by atoms with E-state index in [1.54, 1.807) is 17.6 Å². The van der Waals surface area contributed by atoms with Crippen molar-refractivity contribution in [3.05, 3.63) is 57.5 Å². The van der Waals surface area contributed by atoms with E-state index in [1.165, 1.54) is 17.4 Å². The minimum Gasteiger partial charge on any atom is -0.497 e. The van der Waals surface area contributed by atoms with Gasteiger partial charge in [0.1, 0.15) is 18.1 Å². The van der Waals surface area contributed by atoms with Crippen LogP contribution in [-0.4, -0.2) is 16.5 Å². The molecule has 5 nitrogen and oxygen atoms in total. The lowest BCUT2D eigenvalue weighted by Crippen LogP contribution is -2.15. The summed E-state index contributed by atoms with van der Waals surface area (Å²) >= 11 is 1.45. The Labute approximate surface area is 125 Å². The predicted molar refractivity (Wildman–Crippen MR) is 81.4 cm³/mol. The molecule has 0 saturated carbocycles. The van der Waals surface area contributed by atoms with Crippen LogP contribution in [0.2, 0.25) is 0 Å². The fourth-order valence-corrected chi connectivity index (χ4v) is 2.91. The lowest BCUT2D eigenvalue weighted by Gasteiger charge is -2.07. The van der Waals surface area contributed by atoms with Crippen molar-refractivity contribution in [3.63, 3.8) is 0 Å². The fraction of sp³-hybridized carbons (Fsp3) is 0.200. The van der Waals surface area contributed by atoms with Gasteiger partial charge in [0.25, 0.3) is 5.56 Å². The van der Waals surface area contributed by atoms with Gasteiger partial charge in [0.15, 0.2) is 4.96 Å². The van der Waals surface area contributed by atoms with Crippen LogP contribution in [0.3, 0.4) is 0 Å². The van der Waals surface area contributed by atoms with Crippen LogP contribution >= 0.6 is 11.3 Å². The summed E-state index contributed by atoms with van der Waals surface area (Å²) in [5, 5.41) is 1.91. The van der Waals surface area contributed by atoms with Gasteiger partial charge in [-0.15, -0.1) is 11.3 Å². The molecule has 108 valence electrons. The maximum atomic E-state index is 12.0. The number of hydrogen-bond donors (Lipinski definition) is 0. The van der Waals surface area contributed by atoms with E-state index in [4.69, 9.17) is 9.47 Å². The molecule has 3 rings (SSSR count). The second kappa shape index (κ2) is 5.57. The summed E-state index contributed by atoms with van der Waals surface area (Å²) in [5.41, 5.74) is 1.43. The molecule has 0 saturated heterocycles. The first kappa shape index (κ1) is 13.6. The first-order valence-electron chi connectivity index (χ1n) is 6.41. The molecule has 0 bridgehead atoms. The molecular weight excluding hydrogens is 288 g/mol. The van der Waals surface area contributed by atoms with Gasteiger partial charge < -0.3 is 9.47 Å². The Kier molecular flexibility index (Phi) is 3.62. The zero-order chi connectivity index (χ0) is 14.8. The van der Waals surface area contributed by atoms with Crippen LogP contribution in [0.15, 0.2) is 40.5 Å². The first-order valence-corrected chi connectivity index (χ1v) is 7.29. The van der Waals surface area contributed by atoms with Crippen molar-refractivity contribution in [2.24, 2.45) is 0 Å². The van der Waals surface area contributed by atoms with Crippen LogP contribution in [-0.2, 0) is 6.61 Å². The van der Waals surface area contributed by atoms with E-state index in [-0.39, 0.29) is 12.2 Å². The molecule has 1 aromatic carbocycles. The van der Waals surface area contributed by atoms with E-state index in [0.717, 1.165) is 11.4 Å². The molecule has 0 amide bonds. The number of nitrogens with zero attached hydrogens (tertiary/aromatic N) is 2. The van der Waals surface area contributed by atoms with Gasteiger partial charge in [0.2, 0.25) is 0 Å². The number of methoxy groups -OCH3 is 1. The molecule has 3 aromatic rings. The summed E-state index contributed by atoms with van der Waals surface area (Å²) < 4.78 is 12.4. The molecule has 0 unspecified atom stereocenters. The molecule has 2 aromatic heterocycles. The topological polar surface area (TPSA) is 52.8 Å². The highest BCUT2D eigenvalue weighted by Crippen LogP contribution is 2.20. The Hall–Kier alpha value is -2.34. The number of fused-ring (bicyclic) bond motifs is 1.